The van der Waals surface area contributed by atoms with Gasteiger partial charge in [-0.3, -0.25) is 0 Å². The molecule has 1 heterocycles. The molecule has 0 saturated carbocycles. The molecule has 19 heavy (non-hydrogen) atoms. The van der Waals surface area contributed by atoms with Gasteiger partial charge in [-0.1, -0.05) is 0 Å². The van der Waals surface area contributed by atoms with Gasteiger partial charge < -0.3 is 20.5 Å². The zero-order valence-corrected chi connectivity index (χ0v) is 11.1. The topological polar surface area (TPSA) is 75.8 Å². The first-order valence-electron chi connectivity index (χ1n) is 6.49. The van der Waals surface area contributed by atoms with Crippen LogP contribution in [0, 0.1) is 5.92 Å². The number of hydrogen-bond acceptors (Lipinski definition) is 4. The van der Waals surface area contributed by atoms with Crippen LogP contribution in [0.25, 0.3) is 0 Å². The number of nitrogens with zero attached hydrogens (tertiary/aromatic N) is 1. The van der Waals surface area contributed by atoms with Gasteiger partial charge in [-0.05, 0) is 37.0 Å². The monoisotopic (exact) mass is 264 g/mol. The van der Waals surface area contributed by atoms with Gasteiger partial charge in [0, 0.05) is 31.6 Å². The van der Waals surface area contributed by atoms with Gasteiger partial charge in [-0.2, -0.15) is 0 Å². The Balaban J connectivity index is 2.07. The highest BCUT2D eigenvalue weighted by Gasteiger charge is 2.17. The lowest BCUT2D eigenvalue weighted by molar-refractivity contribution is 0.0576. The van der Waals surface area contributed by atoms with E-state index >= 15 is 0 Å². The average molecular weight is 264 g/mol. The highest BCUT2D eigenvalue weighted by molar-refractivity contribution is 5.94. The Hall–Kier alpha value is -1.75. The number of aromatic carboxylic acids is 1. The molecule has 104 valence electrons. The van der Waals surface area contributed by atoms with E-state index in [1.165, 1.54) is 0 Å². The van der Waals surface area contributed by atoms with Crippen LogP contribution in [0.3, 0.4) is 0 Å². The molecule has 0 radical (unpaired) electrons. The third kappa shape index (κ3) is 3.38. The molecule has 2 rings (SSSR count). The predicted molar refractivity (Wildman–Crippen MR) is 74.6 cm³/mol. The Morgan fingerprint density at radius 1 is 1.58 bits per heavy atom. The number of anilines is 2. The van der Waals surface area contributed by atoms with Gasteiger partial charge in [0.25, 0.3) is 0 Å². The van der Waals surface area contributed by atoms with Crippen molar-refractivity contribution in [2.75, 3.05) is 37.4 Å². The fourth-order valence-electron chi connectivity index (χ4n) is 2.41. The molecule has 1 fully saturated rings. The molecule has 0 aromatic heterocycles. The number of rotatable bonds is 4. The van der Waals surface area contributed by atoms with Crippen LogP contribution in [0.1, 0.15) is 23.2 Å². The number of benzene rings is 1. The minimum Gasteiger partial charge on any atom is -0.478 e. The van der Waals surface area contributed by atoms with Crippen molar-refractivity contribution < 1.29 is 14.6 Å². The zero-order valence-electron chi connectivity index (χ0n) is 11.1. The molecule has 3 N–H and O–H groups in total. The SMILES string of the molecule is CN(CC1CCCOC1)c1ccc(N)c(C(=O)O)c1. The summed E-state index contributed by atoms with van der Waals surface area (Å²) in [5, 5.41) is 9.07. The van der Waals surface area contributed by atoms with Crippen LogP contribution in [0.15, 0.2) is 18.2 Å². The molecule has 1 aliphatic heterocycles. The van der Waals surface area contributed by atoms with Crippen LogP contribution in [-0.2, 0) is 4.74 Å². The van der Waals surface area contributed by atoms with Crippen molar-refractivity contribution in [1.29, 1.82) is 0 Å². The number of ether oxygens (including phenoxy) is 1. The second kappa shape index (κ2) is 5.93. The molecule has 1 atom stereocenters. The molecular weight excluding hydrogens is 244 g/mol. The second-order valence-corrected chi connectivity index (χ2v) is 5.04. The van der Waals surface area contributed by atoms with Gasteiger partial charge in [0.2, 0.25) is 0 Å². The lowest BCUT2D eigenvalue weighted by atomic mass is 10.0. The van der Waals surface area contributed by atoms with E-state index in [0.29, 0.717) is 11.6 Å². The van der Waals surface area contributed by atoms with Crippen LogP contribution >= 0.6 is 0 Å². The van der Waals surface area contributed by atoms with E-state index in [-0.39, 0.29) is 5.56 Å². The van der Waals surface area contributed by atoms with Crippen LogP contribution in [0.2, 0.25) is 0 Å². The normalized spacial score (nSPS) is 19.1. The summed E-state index contributed by atoms with van der Waals surface area (Å²) < 4.78 is 5.46. The predicted octanol–water partition coefficient (Wildman–Crippen LogP) is 1.83. The Bertz CT molecular complexity index is 456. The van der Waals surface area contributed by atoms with Gasteiger partial charge in [0.1, 0.15) is 0 Å². The summed E-state index contributed by atoms with van der Waals surface area (Å²) in [6.45, 7) is 2.50. The first-order valence-corrected chi connectivity index (χ1v) is 6.49. The third-order valence-corrected chi connectivity index (χ3v) is 3.49. The van der Waals surface area contributed by atoms with Crippen LogP contribution in [-0.4, -0.2) is 37.9 Å². The van der Waals surface area contributed by atoms with Crippen LogP contribution in [0.4, 0.5) is 11.4 Å². The van der Waals surface area contributed by atoms with Gasteiger partial charge in [-0.25, -0.2) is 4.79 Å². The highest BCUT2D eigenvalue weighted by atomic mass is 16.5. The zero-order chi connectivity index (χ0) is 13.8. The van der Waals surface area contributed by atoms with E-state index in [0.717, 1.165) is 38.3 Å². The summed E-state index contributed by atoms with van der Waals surface area (Å²) in [4.78, 5) is 13.1. The van der Waals surface area contributed by atoms with E-state index < -0.39 is 5.97 Å². The minimum atomic E-state index is -0.992. The van der Waals surface area contributed by atoms with Crippen molar-refractivity contribution in [2.45, 2.75) is 12.8 Å². The molecule has 5 nitrogen and oxygen atoms in total. The van der Waals surface area contributed by atoms with Gasteiger partial charge in [0.05, 0.1) is 12.2 Å². The Morgan fingerprint density at radius 2 is 2.37 bits per heavy atom. The van der Waals surface area contributed by atoms with Crippen LogP contribution in [0.5, 0.6) is 0 Å². The van der Waals surface area contributed by atoms with Crippen molar-refractivity contribution in [3.8, 4) is 0 Å². The van der Waals surface area contributed by atoms with E-state index in [2.05, 4.69) is 4.90 Å². The lowest BCUT2D eigenvalue weighted by Gasteiger charge is -2.28. The molecule has 1 aliphatic rings. The van der Waals surface area contributed by atoms with Crippen molar-refractivity contribution >= 4 is 17.3 Å². The fraction of sp³-hybridized carbons (Fsp3) is 0.500. The largest absolute Gasteiger partial charge is 0.478 e. The number of hydrogen-bond donors (Lipinski definition) is 2. The first kappa shape index (κ1) is 13.7. The van der Waals surface area contributed by atoms with Crippen molar-refractivity contribution in [3.05, 3.63) is 23.8 Å². The van der Waals surface area contributed by atoms with E-state index in [1.54, 1.807) is 12.1 Å². The molecule has 0 bridgehead atoms. The van der Waals surface area contributed by atoms with Crippen LogP contribution < -0.4 is 10.6 Å². The Labute approximate surface area is 113 Å². The number of nitrogens with two attached hydrogens (primary N) is 1. The van der Waals surface area contributed by atoms with E-state index in [4.69, 9.17) is 15.6 Å². The van der Waals surface area contributed by atoms with Gasteiger partial charge in [0.15, 0.2) is 0 Å². The molecule has 0 aliphatic carbocycles. The highest BCUT2D eigenvalue weighted by Crippen LogP contribution is 2.23. The third-order valence-electron chi connectivity index (χ3n) is 3.49. The summed E-state index contributed by atoms with van der Waals surface area (Å²) in [5.41, 5.74) is 6.98. The van der Waals surface area contributed by atoms with Gasteiger partial charge in [-0.15, -0.1) is 0 Å². The lowest BCUT2D eigenvalue weighted by Crippen LogP contribution is -2.30. The molecule has 1 aromatic rings. The maximum atomic E-state index is 11.1. The number of carboxylic acid groups (broad SMARTS) is 1. The van der Waals surface area contributed by atoms with Crippen molar-refractivity contribution in [1.82, 2.24) is 0 Å². The number of carboxylic acids is 1. The molecule has 5 heteroatoms. The van der Waals surface area contributed by atoms with E-state index in [1.807, 2.05) is 13.1 Å². The maximum absolute atomic E-state index is 11.1. The molecule has 0 amide bonds. The smallest absolute Gasteiger partial charge is 0.337 e. The first-order chi connectivity index (χ1) is 9.08. The number of carbonyl (C=O) groups is 1. The summed E-state index contributed by atoms with van der Waals surface area (Å²) in [6, 6.07) is 5.12. The molecule has 1 saturated heterocycles. The molecular formula is C14H20N2O3. The van der Waals surface area contributed by atoms with Crippen molar-refractivity contribution in [2.24, 2.45) is 5.92 Å². The standard InChI is InChI=1S/C14H20N2O3/c1-16(8-10-3-2-6-19-9-10)11-4-5-13(15)12(7-11)14(17)18/h4-5,7,10H,2-3,6,8-9,15H2,1H3,(H,17,18). The number of nitrogen functional groups attached to an aromatic ring is 1. The quantitative estimate of drug-likeness (QED) is 0.811. The minimum absolute atomic E-state index is 0.157. The average Bonchev–Trinajstić information content (AvgIpc) is 2.40. The second-order valence-electron chi connectivity index (χ2n) is 5.04. The Morgan fingerprint density at radius 3 is 3.00 bits per heavy atom. The van der Waals surface area contributed by atoms with E-state index in [9.17, 15) is 4.79 Å². The molecule has 1 aromatic carbocycles. The summed E-state index contributed by atoms with van der Waals surface area (Å²) in [6.07, 6.45) is 2.26. The maximum Gasteiger partial charge on any atom is 0.337 e. The van der Waals surface area contributed by atoms with Gasteiger partial charge >= 0.3 is 5.97 Å². The summed E-state index contributed by atoms with van der Waals surface area (Å²) >= 11 is 0. The summed E-state index contributed by atoms with van der Waals surface area (Å²) in [5.74, 6) is -0.488. The Kier molecular flexibility index (Phi) is 4.27. The fourth-order valence-corrected chi connectivity index (χ4v) is 2.41. The molecule has 0 spiro atoms. The summed E-state index contributed by atoms with van der Waals surface area (Å²) in [7, 11) is 1.96. The molecule has 1 unspecified atom stereocenters. The van der Waals surface area contributed by atoms with Crippen molar-refractivity contribution in [3.63, 3.8) is 0 Å².